The molecule has 0 aliphatic heterocycles. The van der Waals surface area contributed by atoms with Gasteiger partial charge in [-0.15, -0.1) is 0 Å². The van der Waals surface area contributed by atoms with Gasteiger partial charge in [-0.05, 0) is 31.5 Å². The molecule has 1 aromatic carbocycles. The van der Waals surface area contributed by atoms with Crippen LogP contribution in [0.4, 0.5) is 0 Å². The molecule has 1 aromatic heterocycles. The van der Waals surface area contributed by atoms with Crippen LogP contribution in [0.15, 0.2) is 34.9 Å². The van der Waals surface area contributed by atoms with Crippen molar-refractivity contribution in [2.24, 2.45) is 0 Å². The second-order valence-electron chi connectivity index (χ2n) is 4.31. The molecule has 0 aliphatic rings. The van der Waals surface area contributed by atoms with E-state index in [1.807, 2.05) is 25.1 Å². The highest BCUT2D eigenvalue weighted by Gasteiger charge is 2.08. The van der Waals surface area contributed by atoms with Crippen molar-refractivity contribution >= 4 is 15.9 Å². The monoisotopic (exact) mass is 306 g/mol. The fourth-order valence-electron chi connectivity index (χ4n) is 1.85. The lowest BCUT2D eigenvalue weighted by Gasteiger charge is -2.09. The Labute approximate surface area is 115 Å². The summed E-state index contributed by atoms with van der Waals surface area (Å²) >= 11 is 3.45. The number of hydrogen-bond acceptors (Lipinski definition) is 3. The van der Waals surface area contributed by atoms with Gasteiger partial charge in [0.05, 0.1) is 6.10 Å². The standard InChI is InChI=1S/C14H15BrN2O/c1-9-13(10(2)18)8-16-14(17-9)7-11-4-3-5-12(15)6-11/h3-6,8,10,18H,7H2,1-2H3. The molecule has 0 bridgehead atoms. The summed E-state index contributed by atoms with van der Waals surface area (Å²) in [6.07, 6.45) is 1.88. The van der Waals surface area contributed by atoms with Gasteiger partial charge in [0.25, 0.3) is 0 Å². The van der Waals surface area contributed by atoms with Gasteiger partial charge in [-0.2, -0.15) is 0 Å². The van der Waals surface area contributed by atoms with Crippen LogP contribution >= 0.6 is 15.9 Å². The van der Waals surface area contributed by atoms with Crippen LogP contribution in [0, 0.1) is 6.92 Å². The number of hydrogen-bond donors (Lipinski definition) is 1. The van der Waals surface area contributed by atoms with Gasteiger partial charge in [0.1, 0.15) is 5.82 Å². The third-order valence-electron chi connectivity index (χ3n) is 2.77. The second-order valence-corrected chi connectivity index (χ2v) is 5.23. The predicted molar refractivity (Wildman–Crippen MR) is 74.4 cm³/mol. The van der Waals surface area contributed by atoms with Gasteiger partial charge in [0.2, 0.25) is 0 Å². The lowest BCUT2D eigenvalue weighted by molar-refractivity contribution is 0.197. The largest absolute Gasteiger partial charge is 0.389 e. The van der Waals surface area contributed by atoms with E-state index in [2.05, 4.69) is 32.0 Å². The minimum atomic E-state index is -0.523. The first-order valence-corrected chi connectivity index (χ1v) is 6.60. The molecule has 2 rings (SSSR count). The fourth-order valence-corrected chi connectivity index (χ4v) is 2.30. The summed E-state index contributed by atoms with van der Waals surface area (Å²) in [6, 6.07) is 8.09. The number of aliphatic hydroxyl groups excluding tert-OH is 1. The first-order chi connectivity index (χ1) is 8.56. The summed E-state index contributed by atoms with van der Waals surface area (Å²) in [4.78, 5) is 8.73. The number of aryl methyl sites for hydroxylation is 1. The van der Waals surface area contributed by atoms with Gasteiger partial charge in [0.15, 0.2) is 0 Å². The zero-order valence-corrected chi connectivity index (χ0v) is 12.0. The first-order valence-electron chi connectivity index (χ1n) is 5.81. The summed E-state index contributed by atoms with van der Waals surface area (Å²) in [5.74, 6) is 0.773. The summed E-state index contributed by atoms with van der Waals surface area (Å²) < 4.78 is 1.05. The fraction of sp³-hybridized carbons (Fsp3) is 0.286. The summed E-state index contributed by atoms with van der Waals surface area (Å²) in [5.41, 5.74) is 2.78. The molecule has 0 fully saturated rings. The van der Waals surface area contributed by atoms with Gasteiger partial charge in [-0.25, -0.2) is 9.97 Å². The second kappa shape index (κ2) is 5.59. The minimum absolute atomic E-state index is 0.523. The van der Waals surface area contributed by atoms with Crippen LogP contribution in [-0.4, -0.2) is 15.1 Å². The first kappa shape index (κ1) is 13.2. The zero-order chi connectivity index (χ0) is 13.1. The predicted octanol–water partition coefficient (Wildman–Crippen LogP) is 3.19. The van der Waals surface area contributed by atoms with Gasteiger partial charge in [-0.3, -0.25) is 0 Å². The van der Waals surface area contributed by atoms with Crippen LogP contribution in [0.3, 0.4) is 0 Å². The molecular formula is C14H15BrN2O. The third kappa shape index (κ3) is 3.15. The Morgan fingerprint density at radius 3 is 2.78 bits per heavy atom. The molecule has 1 unspecified atom stereocenters. The van der Waals surface area contributed by atoms with Crippen molar-refractivity contribution in [3.63, 3.8) is 0 Å². The molecule has 0 spiro atoms. The normalized spacial score (nSPS) is 12.4. The van der Waals surface area contributed by atoms with Crippen molar-refractivity contribution < 1.29 is 5.11 Å². The molecule has 0 aliphatic carbocycles. The number of nitrogens with zero attached hydrogens (tertiary/aromatic N) is 2. The van der Waals surface area contributed by atoms with Crippen molar-refractivity contribution in [3.8, 4) is 0 Å². The van der Waals surface area contributed by atoms with Gasteiger partial charge >= 0.3 is 0 Å². The molecule has 1 atom stereocenters. The van der Waals surface area contributed by atoms with Crippen molar-refractivity contribution in [1.29, 1.82) is 0 Å². The Morgan fingerprint density at radius 1 is 1.39 bits per heavy atom. The average molecular weight is 307 g/mol. The van der Waals surface area contributed by atoms with Crippen molar-refractivity contribution in [3.05, 3.63) is 57.6 Å². The molecule has 2 aromatic rings. The summed E-state index contributed by atoms with van der Waals surface area (Å²) in [6.45, 7) is 3.62. The minimum Gasteiger partial charge on any atom is -0.389 e. The number of rotatable bonds is 3. The molecule has 94 valence electrons. The van der Waals surface area contributed by atoms with Crippen molar-refractivity contribution in [2.75, 3.05) is 0 Å². The summed E-state index contributed by atoms with van der Waals surface area (Å²) in [7, 11) is 0. The van der Waals surface area contributed by atoms with E-state index in [1.54, 1.807) is 13.1 Å². The van der Waals surface area contributed by atoms with Crippen molar-refractivity contribution in [1.82, 2.24) is 9.97 Å². The molecule has 0 saturated heterocycles. The lowest BCUT2D eigenvalue weighted by atomic mass is 10.1. The Balaban J connectivity index is 2.23. The highest BCUT2D eigenvalue weighted by Crippen LogP contribution is 2.17. The van der Waals surface area contributed by atoms with E-state index in [0.717, 1.165) is 27.1 Å². The maximum atomic E-state index is 9.54. The topological polar surface area (TPSA) is 46.0 Å². The van der Waals surface area contributed by atoms with Crippen LogP contribution in [-0.2, 0) is 6.42 Å². The Bertz CT molecular complexity index is 555. The van der Waals surface area contributed by atoms with E-state index in [0.29, 0.717) is 6.42 Å². The molecule has 18 heavy (non-hydrogen) atoms. The third-order valence-corrected chi connectivity index (χ3v) is 3.26. The Hall–Kier alpha value is -1.26. The summed E-state index contributed by atoms with van der Waals surface area (Å²) in [5, 5.41) is 9.54. The Morgan fingerprint density at radius 2 is 2.17 bits per heavy atom. The van der Waals surface area contributed by atoms with Crippen LogP contribution in [0.5, 0.6) is 0 Å². The molecule has 0 saturated carbocycles. The maximum Gasteiger partial charge on any atom is 0.132 e. The lowest BCUT2D eigenvalue weighted by Crippen LogP contribution is -2.04. The van der Waals surface area contributed by atoms with E-state index in [4.69, 9.17) is 0 Å². The van der Waals surface area contributed by atoms with Crippen LogP contribution < -0.4 is 0 Å². The highest BCUT2D eigenvalue weighted by atomic mass is 79.9. The number of benzene rings is 1. The van der Waals surface area contributed by atoms with E-state index in [9.17, 15) is 5.11 Å². The van der Waals surface area contributed by atoms with Gasteiger partial charge in [0, 0.05) is 28.3 Å². The molecule has 1 N–H and O–H groups in total. The molecule has 3 nitrogen and oxygen atoms in total. The molecule has 0 amide bonds. The van der Waals surface area contributed by atoms with Crippen molar-refractivity contribution in [2.45, 2.75) is 26.4 Å². The van der Waals surface area contributed by atoms with Gasteiger partial charge in [-0.1, -0.05) is 28.1 Å². The molecule has 1 heterocycles. The zero-order valence-electron chi connectivity index (χ0n) is 10.4. The molecular weight excluding hydrogens is 292 g/mol. The molecule has 4 heteroatoms. The number of aliphatic hydroxyl groups is 1. The van der Waals surface area contributed by atoms with E-state index in [-0.39, 0.29) is 0 Å². The number of aromatic nitrogens is 2. The maximum absolute atomic E-state index is 9.54. The number of halogens is 1. The smallest absolute Gasteiger partial charge is 0.132 e. The van der Waals surface area contributed by atoms with Crippen LogP contribution in [0.25, 0.3) is 0 Å². The average Bonchev–Trinajstić information content (AvgIpc) is 2.28. The SMILES string of the molecule is Cc1nc(Cc2cccc(Br)c2)ncc1C(C)O. The molecule has 0 radical (unpaired) electrons. The van der Waals surface area contributed by atoms with E-state index >= 15 is 0 Å². The van der Waals surface area contributed by atoms with Gasteiger partial charge < -0.3 is 5.11 Å². The van der Waals surface area contributed by atoms with E-state index in [1.165, 1.54) is 0 Å². The Kier molecular flexibility index (Phi) is 4.09. The highest BCUT2D eigenvalue weighted by molar-refractivity contribution is 9.10. The van der Waals surface area contributed by atoms with E-state index < -0.39 is 6.10 Å². The van der Waals surface area contributed by atoms with Crippen LogP contribution in [0.1, 0.15) is 35.7 Å². The quantitative estimate of drug-likeness (QED) is 0.947. The van der Waals surface area contributed by atoms with Crippen LogP contribution in [0.2, 0.25) is 0 Å².